The number of aryl methyl sites for hydroxylation is 1. The molecule has 9 heteroatoms. The highest BCUT2D eigenvalue weighted by Crippen LogP contribution is 2.42. The van der Waals surface area contributed by atoms with E-state index < -0.39 is 0 Å². The van der Waals surface area contributed by atoms with Gasteiger partial charge in [-0.3, -0.25) is 9.59 Å². The van der Waals surface area contributed by atoms with Gasteiger partial charge in [-0.2, -0.15) is 0 Å². The fourth-order valence-electron chi connectivity index (χ4n) is 4.46. The maximum absolute atomic E-state index is 13.4. The van der Waals surface area contributed by atoms with Crippen LogP contribution in [0.15, 0.2) is 6.07 Å². The Labute approximate surface area is 185 Å². The van der Waals surface area contributed by atoms with E-state index in [4.69, 9.17) is 9.72 Å². The first-order valence-electron chi connectivity index (χ1n) is 10.9. The Morgan fingerprint density at radius 3 is 2.71 bits per heavy atom. The predicted octanol–water partition coefficient (Wildman–Crippen LogP) is 3.06. The van der Waals surface area contributed by atoms with Gasteiger partial charge in [0.25, 0.3) is 5.91 Å². The number of carbonyl (C=O) groups is 2. The molecule has 2 amide bonds. The van der Waals surface area contributed by atoms with Crippen LogP contribution in [0.3, 0.4) is 0 Å². The second-order valence-electron chi connectivity index (χ2n) is 8.59. The van der Waals surface area contributed by atoms with Crippen LogP contribution in [-0.4, -0.2) is 59.0 Å². The van der Waals surface area contributed by atoms with Crippen molar-refractivity contribution in [1.29, 1.82) is 0 Å². The summed E-state index contributed by atoms with van der Waals surface area (Å²) in [5.41, 5.74) is 3.39. The number of pyridine rings is 1. The molecule has 1 saturated heterocycles. The summed E-state index contributed by atoms with van der Waals surface area (Å²) in [6, 6.07) is 2.28. The predicted molar refractivity (Wildman–Crippen MR) is 119 cm³/mol. The molecular formula is C22H27N5O3S. The number of anilines is 2. The number of carbonyl (C=O) groups excluding carboxylic acids is 2. The van der Waals surface area contributed by atoms with Gasteiger partial charge in [0, 0.05) is 32.6 Å². The lowest BCUT2D eigenvalue weighted by Gasteiger charge is -2.29. The van der Waals surface area contributed by atoms with Crippen molar-refractivity contribution in [1.82, 2.24) is 14.9 Å². The first-order valence-corrected chi connectivity index (χ1v) is 11.7. The molecule has 4 heterocycles. The summed E-state index contributed by atoms with van der Waals surface area (Å²) in [4.78, 5) is 39.5. The number of morpholine rings is 1. The van der Waals surface area contributed by atoms with Crippen molar-refractivity contribution in [2.75, 3.05) is 36.5 Å². The van der Waals surface area contributed by atoms with Crippen LogP contribution >= 0.6 is 11.3 Å². The number of amides is 2. The Morgan fingerprint density at radius 1 is 1.29 bits per heavy atom. The van der Waals surface area contributed by atoms with Crippen molar-refractivity contribution in [2.45, 2.75) is 46.2 Å². The van der Waals surface area contributed by atoms with Gasteiger partial charge in [0.1, 0.15) is 5.82 Å². The maximum Gasteiger partial charge on any atom is 0.258 e. The van der Waals surface area contributed by atoms with Crippen LogP contribution in [-0.2, 0) is 16.1 Å². The van der Waals surface area contributed by atoms with Gasteiger partial charge in [-0.25, -0.2) is 9.97 Å². The molecule has 1 saturated carbocycles. The molecule has 5 rings (SSSR count). The Balaban J connectivity index is 1.57. The van der Waals surface area contributed by atoms with Crippen LogP contribution in [0, 0.1) is 12.8 Å². The second kappa shape index (κ2) is 7.87. The topological polar surface area (TPSA) is 87.7 Å². The van der Waals surface area contributed by atoms with Gasteiger partial charge in [0.15, 0.2) is 5.13 Å². The van der Waals surface area contributed by atoms with Crippen molar-refractivity contribution in [3.05, 3.63) is 22.9 Å². The molecule has 1 atom stereocenters. The number of fused-ring (bicyclic) bond motifs is 1. The molecule has 164 valence electrons. The van der Waals surface area contributed by atoms with Gasteiger partial charge in [-0.1, -0.05) is 11.3 Å². The highest BCUT2D eigenvalue weighted by Gasteiger charge is 2.41. The largest absolute Gasteiger partial charge is 0.378 e. The molecule has 0 radical (unpaired) electrons. The molecule has 2 aromatic rings. The van der Waals surface area contributed by atoms with E-state index in [-0.39, 0.29) is 17.9 Å². The standard InChI is InChI=1S/C22H27N5O3S/c1-12-19(31-22(23-12)24-14(3)28)17-10-16-11-27(13(2)15-4-5-15)21(29)18(16)20(25-17)26-6-8-30-9-7-26/h10,13,15H,4-9,11H2,1-3H3,(H,23,24,28)/t13-/m0/s1. The molecule has 2 aliphatic heterocycles. The molecule has 0 spiro atoms. The lowest BCUT2D eigenvalue weighted by atomic mass is 10.1. The highest BCUT2D eigenvalue weighted by atomic mass is 32.1. The van der Waals surface area contributed by atoms with E-state index >= 15 is 0 Å². The molecule has 0 bridgehead atoms. The SMILES string of the molecule is CC(=O)Nc1nc(C)c(-c2cc3c(c(N4CCOCC4)n2)C(=O)N([C@@H](C)C2CC2)C3)s1. The van der Waals surface area contributed by atoms with E-state index in [9.17, 15) is 9.59 Å². The summed E-state index contributed by atoms with van der Waals surface area (Å²) in [7, 11) is 0. The molecule has 2 aromatic heterocycles. The van der Waals surface area contributed by atoms with Crippen LogP contribution < -0.4 is 10.2 Å². The van der Waals surface area contributed by atoms with Gasteiger partial charge in [-0.05, 0) is 44.2 Å². The summed E-state index contributed by atoms with van der Waals surface area (Å²) >= 11 is 1.42. The Morgan fingerprint density at radius 2 is 2.03 bits per heavy atom. The van der Waals surface area contributed by atoms with E-state index in [1.54, 1.807) is 0 Å². The lowest BCUT2D eigenvalue weighted by Crippen LogP contribution is -2.39. The lowest BCUT2D eigenvalue weighted by molar-refractivity contribution is -0.114. The minimum absolute atomic E-state index is 0.0925. The number of thiazole rings is 1. The van der Waals surface area contributed by atoms with E-state index in [1.165, 1.54) is 31.1 Å². The number of nitrogens with zero attached hydrogens (tertiary/aromatic N) is 4. The molecule has 1 aliphatic carbocycles. The smallest absolute Gasteiger partial charge is 0.258 e. The van der Waals surface area contributed by atoms with Crippen LogP contribution in [0.2, 0.25) is 0 Å². The van der Waals surface area contributed by atoms with Gasteiger partial charge in [-0.15, -0.1) is 0 Å². The quantitative estimate of drug-likeness (QED) is 0.767. The zero-order valence-corrected chi connectivity index (χ0v) is 18.9. The number of aromatic nitrogens is 2. The Kier molecular flexibility index (Phi) is 5.18. The number of hydrogen-bond donors (Lipinski definition) is 1. The fraction of sp³-hybridized carbons (Fsp3) is 0.545. The third-order valence-electron chi connectivity index (χ3n) is 6.32. The minimum Gasteiger partial charge on any atom is -0.378 e. The number of ether oxygens (including phenoxy) is 1. The number of rotatable bonds is 5. The van der Waals surface area contributed by atoms with E-state index in [0.717, 1.165) is 33.2 Å². The zero-order valence-electron chi connectivity index (χ0n) is 18.1. The molecule has 1 N–H and O–H groups in total. The molecule has 3 aliphatic rings. The molecular weight excluding hydrogens is 414 g/mol. The molecule has 0 aromatic carbocycles. The van der Waals surface area contributed by atoms with Gasteiger partial charge < -0.3 is 19.9 Å². The summed E-state index contributed by atoms with van der Waals surface area (Å²) < 4.78 is 5.53. The van der Waals surface area contributed by atoms with Crippen molar-refractivity contribution < 1.29 is 14.3 Å². The minimum atomic E-state index is -0.147. The average Bonchev–Trinajstić information content (AvgIpc) is 3.46. The second-order valence-corrected chi connectivity index (χ2v) is 9.59. The van der Waals surface area contributed by atoms with E-state index in [1.807, 2.05) is 17.9 Å². The van der Waals surface area contributed by atoms with Crippen LogP contribution in [0.1, 0.15) is 48.3 Å². The van der Waals surface area contributed by atoms with Gasteiger partial charge >= 0.3 is 0 Å². The fourth-order valence-corrected chi connectivity index (χ4v) is 5.43. The molecule has 31 heavy (non-hydrogen) atoms. The van der Waals surface area contributed by atoms with E-state index in [2.05, 4.69) is 22.1 Å². The monoisotopic (exact) mass is 441 g/mol. The molecule has 2 fully saturated rings. The highest BCUT2D eigenvalue weighted by molar-refractivity contribution is 7.19. The normalized spacial score (nSPS) is 19.5. The van der Waals surface area contributed by atoms with Crippen molar-refractivity contribution >= 4 is 34.1 Å². The maximum atomic E-state index is 13.4. The molecule has 8 nitrogen and oxygen atoms in total. The number of hydrogen-bond acceptors (Lipinski definition) is 7. The van der Waals surface area contributed by atoms with Crippen molar-refractivity contribution in [3.63, 3.8) is 0 Å². The van der Waals surface area contributed by atoms with Crippen molar-refractivity contribution in [2.24, 2.45) is 5.92 Å². The Bertz CT molecular complexity index is 1040. The first-order chi connectivity index (χ1) is 14.9. The van der Waals surface area contributed by atoms with Gasteiger partial charge in [0.05, 0.1) is 35.0 Å². The van der Waals surface area contributed by atoms with Crippen molar-refractivity contribution in [3.8, 4) is 10.6 Å². The third kappa shape index (κ3) is 3.80. The van der Waals surface area contributed by atoms with Crippen LogP contribution in [0.5, 0.6) is 0 Å². The van der Waals surface area contributed by atoms with Gasteiger partial charge in [0.2, 0.25) is 5.91 Å². The summed E-state index contributed by atoms with van der Waals surface area (Å²) in [5.74, 6) is 1.31. The van der Waals surface area contributed by atoms with Crippen LogP contribution in [0.4, 0.5) is 10.9 Å². The summed E-state index contributed by atoms with van der Waals surface area (Å²) in [6.07, 6.45) is 2.40. The summed E-state index contributed by atoms with van der Waals surface area (Å²) in [5, 5.41) is 3.33. The molecule has 0 unspecified atom stereocenters. The summed E-state index contributed by atoms with van der Waals surface area (Å²) in [6.45, 7) is 8.87. The average molecular weight is 442 g/mol. The van der Waals surface area contributed by atoms with Crippen LogP contribution in [0.25, 0.3) is 10.6 Å². The zero-order chi connectivity index (χ0) is 21.7. The number of nitrogens with one attached hydrogen (secondary N) is 1. The Hall–Kier alpha value is -2.52. The first kappa shape index (κ1) is 20.4. The third-order valence-corrected chi connectivity index (χ3v) is 7.41. The van der Waals surface area contributed by atoms with E-state index in [0.29, 0.717) is 43.9 Å².